The van der Waals surface area contributed by atoms with E-state index in [1.807, 2.05) is 0 Å². The Balaban J connectivity index is 3.84. The van der Waals surface area contributed by atoms with Crippen molar-refractivity contribution >= 4 is 17.5 Å². The van der Waals surface area contributed by atoms with E-state index < -0.39 is 46.6 Å². The van der Waals surface area contributed by atoms with Crippen molar-refractivity contribution in [3.63, 3.8) is 0 Å². The van der Waals surface area contributed by atoms with E-state index in [-0.39, 0.29) is 0 Å². The van der Waals surface area contributed by atoms with Gasteiger partial charge in [-0.3, -0.25) is 0 Å². The SMILES string of the molecule is O=[Se](=O)(O)c1c(F)c(F)c(F)c(F)c1F. The van der Waals surface area contributed by atoms with Crippen molar-refractivity contribution in [3.05, 3.63) is 29.1 Å². The summed E-state index contributed by atoms with van der Waals surface area (Å²) in [6.45, 7) is 0. The summed E-state index contributed by atoms with van der Waals surface area (Å²) in [7, 11) is 0. The van der Waals surface area contributed by atoms with Crippen LogP contribution in [0.3, 0.4) is 0 Å². The Kier molecular flexibility index (Phi) is 2.81. The van der Waals surface area contributed by atoms with Gasteiger partial charge in [0, 0.05) is 0 Å². The molecule has 84 valence electrons. The standard InChI is InChI=1S/C6HF5O3Se/c7-1-2(8)4(10)6(15(12,13)14)5(11)3(1)9/h(H,12,13,14). The minimum absolute atomic E-state index is 2.19. The molecule has 0 atom stereocenters. The van der Waals surface area contributed by atoms with Crippen LogP contribution in [-0.2, 0) is 7.67 Å². The van der Waals surface area contributed by atoms with Gasteiger partial charge in [0.15, 0.2) is 0 Å². The van der Waals surface area contributed by atoms with Crippen LogP contribution in [0.1, 0.15) is 0 Å². The van der Waals surface area contributed by atoms with Crippen LogP contribution in [0.4, 0.5) is 22.0 Å². The van der Waals surface area contributed by atoms with Crippen molar-refractivity contribution in [2.75, 3.05) is 0 Å². The molecule has 1 rings (SSSR count). The zero-order chi connectivity index (χ0) is 12.0. The van der Waals surface area contributed by atoms with Crippen LogP contribution < -0.4 is 4.46 Å². The molecule has 15 heavy (non-hydrogen) atoms. The van der Waals surface area contributed by atoms with E-state index in [0.717, 1.165) is 0 Å². The van der Waals surface area contributed by atoms with Crippen molar-refractivity contribution in [3.8, 4) is 0 Å². The van der Waals surface area contributed by atoms with Gasteiger partial charge in [-0.2, -0.15) is 0 Å². The Morgan fingerprint density at radius 1 is 0.733 bits per heavy atom. The Labute approximate surface area is 81.1 Å². The van der Waals surface area contributed by atoms with Crippen LogP contribution >= 0.6 is 0 Å². The molecule has 0 heterocycles. The monoisotopic (exact) mass is 296 g/mol. The van der Waals surface area contributed by atoms with E-state index >= 15 is 0 Å². The number of halogens is 5. The molecule has 0 saturated heterocycles. The average molecular weight is 295 g/mol. The number of hydrogen-bond donors (Lipinski definition) is 1. The molecule has 1 aromatic carbocycles. The summed E-state index contributed by atoms with van der Waals surface area (Å²) in [5, 5.41) is 0. The van der Waals surface area contributed by atoms with Crippen molar-refractivity contribution < 1.29 is 33.8 Å². The van der Waals surface area contributed by atoms with Gasteiger partial charge in [-0.25, -0.2) is 0 Å². The Hall–Kier alpha value is -1.05. The van der Waals surface area contributed by atoms with E-state index in [9.17, 15) is 29.6 Å². The van der Waals surface area contributed by atoms with Gasteiger partial charge in [0.25, 0.3) is 0 Å². The molecule has 0 spiro atoms. The van der Waals surface area contributed by atoms with E-state index in [0.29, 0.717) is 0 Å². The number of hydrogen-bond acceptors (Lipinski definition) is 2. The zero-order valence-corrected chi connectivity index (χ0v) is 8.27. The molecule has 1 aromatic rings. The molecule has 0 bridgehead atoms. The Morgan fingerprint density at radius 2 is 1.00 bits per heavy atom. The maximum absolute atomic E-state index is 12.7. The third-order valence-corrected chi connectivity index (χ3v) is 3.26. The number of benzene rings is 1. The molecule has 9 heteroatoms. The quantitative estimate of drug-likeness (QED) is 0.353. The first kappa shape index (κ1) is 12.0. The fourth-order valence-corrected chi connectivity index (χ4v) is 2.14. The number of rotatable bonds is 1. The average Bonchev–Trinajstić information content (AvgIpc) is 2.09. The molecule has 0 aliphatic carbocycles. The summed E-state index contributed by atoms with van der Waals surface area (Å²) in [5.41, 5.74) is 0. The molecule has 0 fully saturated rings. The van der Waals surface area contributed by atoms with Crippen molar-refractivity contribution in [1.82, 2.24) is 0 Å². The fraction of sp³-hybridized carbons (Fsp3) is 0. The summed E-state index contributed by atoms with van der Waals surface area (Å²) < 4.78 is 89.4. The maximum atomic E-state index is 12.7. The van der Waals surface area contributed by atoms with Crippen molar-refractivity contribution in [2.24, 2.45) is 0 Å². The van der Waals surface area contributed by atoms with Crippen LogP contribution in [0.25, 0.3) is 0 Å². The van der Waals surface area contributed by atoms with E-state index in [2.05, 4.69) is 0 Å². The second-order valence-electron chi connectivity index (χ2n) is 2.37. The van der Waals surface area contributed by atoms with Crippen LogP contribution in [0, 0.1) is 29.1 Å². The third kappa shape index (κ3) is 1.85. The molecule has 0 aromatic heterocycles. The molecule has 0 unspecified atom stereocenters. The Bertz CT molecular complexity index is 495. The van der Waals surface area contributed by atoms with Gasteiger partial charge in [0.1, 0.15) is 0 Å². The molecule has 0 radical (unpaired) electrons. The third-order valence-electron chi connectivity index (χ3n) is 1.43. The van der Waals surface area contributed by atoms with E-state index in [4.69, 9.17) is 4.19 Å². The molecule has 0 amide bonds. The van der Waals surface area contributed by atoms with E-state index in [1.165, 1.54) is 0 Å². The summed E-state index contributed by atoms with van der Waals surface area (Å²) in [4.78, 5) is 0. The molecule has 1 N–H and O–H groups in total. The van der Waals surface area contributed by atoms with Gasteiger partial charge in [-0.05, 0) is 0 Å². The van der Waals surface area contributed by atoms with Gasteiger partial charge in [-0.1, -0.05) is 0 Å². The van der Waals surface area contributed by atoms with Crippen LogP contribution in [0.5, 0.6) is 0 Å². The Morgan fingerprint density at radius 3 is 1.27 bits per heavy atom. The summed E-state index contributed by atoms with van der Waals surface area (Å²) >= 11 is -6.29. The van der Waals surface area contributed by atoms with Crippen molar-refractivity contribution in [2.45, 2.75) is 0 Å². The molecule has 0 aliphatic heterocycles. The second-order valence-corrected chi connectivity index (χ2v) is 5.22. The molecule has 0 aliphatic rings. The fourth-order valence-electron chi connectivity index (χ4n) is 0.811. The van der Waals surface area contributed by atoms with E-state index in [1.54, 1.807) is 0 Å². The second kappa shape index (κ2) is 3.51. The predicted molar refractivity (Wildman–Crippen MR) is 35.2 cm³/mol. The first-order valence-corrected chi connectivity index (χ1v) is 6.19. The molecule has 0 saturated carbocycles. The topological polar surface area (TPSA) is 54.4 Å². The van der Waals surface area contributed by atoms with Crippen molar-refractivity contribution in [1.29, 1.82) is 0 Å². The summed E-state index contributed by atoms with van der Waals surface area (Å²) in [6, 6.07) is 0. The van der Waals surface area contributed by atoms with Gasteiger partial charge in [0.2, 0.25) is 0 Å². The predicted octanol–water partition coefficient (Wildman–Crippen LogP) is 0.381. The molecular formula is C6HF5O3Se. The van der Waals surface area contributed by atoms with Gasteiger partial charge in [0.05, 0.1) is 0 Å². The van der Waals surface area contributed by atoms with Crippen LogP contribution in [0.2, 0.25) is 0 Å². The van der Waals surface area contributed by atoms with Gasteiger partial charge >= 0.3 is 80.4 Å². The molecular weight excluding hydrogens is 294 g/mol. The zero-order valence-electron chi connectivity index (χ0n) is 6.56. The van der Waals surface area contributed by atoms with Gasteiger partial charge in [-0.15, -0.1) is 0 Å². The normalized spacial score (nSPS) is 11.9. The first-order chi connectivity index (χ1) is 6.68. The van der Waals surface area contributed by atoms with Gasteiger partial charge < -0.3 is 0 Å². The van der Waals surface area contributed by atoms with Crippen LogP contribution in [0.15, 0.2) is 0 Å². The summed E-state index contributed by atoms with van der Waals surface area (Å²) in [5.74, 6) is -12.5. The minimum atomic E-state index is -6.29. The molecule has 3 nitrogen and oxygen atoms in total. The first-order valence-electron chi connectivity index (χ1n) is 3.16. The summed E-state index contributed by atoms with van der Waals surface area (Å²) in [6.07, 6.45) is 0. The van der Waals surface area contributed by atoms with Crippen LogP contribution in [-0.4, -0.2) is 17.2 Å².